The first-order valence-electron chi connectivity index (χ1n) is 7.09. The zero-order valence-corrected chi connectivity index (χ0v) is 11.6. The van der Waals surface area contributed by atoms with E-state index in [1.807, 2.05) is 12.1 Å². The number of aromatic nitrogens is 1. The van der Waals surface area contributed by atoms with Gasteiger partial charge in [0.2, 0.25) is 0 Å². The van der Waals surface area contributed by atoms with Gasteiger partial charge in [0.1, 0.15) is 0 Å². The summed E-state index contributed by atoms with van der Waals surface area (Å²) in [6.45, 7) is 3.24. The molecule has 0 unspecified atom stereocenters. The first kappa shape index (κ1) is 13.3. The Hall–Kier alpha value is -1.09. The Morgan fingerprint density at radius 3 is 2.56 bits per heavy atom. The van der Waals surface area contributed by atoms with E-state index in [1.54, 1.807) is 6.20 Å². The fraction of sp³-hybridized carbons (Fsp3) is 0.667. The summed E-state index contributed by atoms with van der Waals surface area (Å²) in [7, 11) is 2.22. The number of anilines is 1. The summed E-state index contributed by atoms with van der Waals surface area (Å²) >= 11 is 0. The molecular formula is C15H25N3. The third kappa shape index (κ3) is 3.45. The molecule has 1 aliphatic carbocycles. The Labute approximate surface area is 110 Å². The van der Waals surface area contributed by atoms with Gasteiger partial charge < -0.3 is 5.73 Å². The van der Waals surface area contributed by atoms with Gasteiger partial charge in [-0.2, -0.15) is 0 Å². The van der Waals surface area contributed by atoms with Gasteiger partial charge in [-0.3, -0.25) is 9.88 Å². The summed E-state index contributed by atoms with van der Waals surface area (Å²) in [5, 5.41) is 0. The van der Waals surface area contributed by atoms with Gasteiger partial charge in [0.15, 0.2) is 0 Å². The van der Waals surface area contributed by atoms with E-state index in [2.05, 4.69) is 23.9 Å². The second-order valence-corrected chi connectivity index (χ2v) is 5.58. The average Bonchev–Trinajstić information content (AvgIpc) is 2.41. The highest BCUT2D eigenvalue weighted by molar-refractivity contribution is 5.34. The number of rotatable bonds is 4. The molecule has 2 rings (SSSR count). The molecule has 1 saturated carbocycles. The van der Waals surface area contributed by atoms with Crippen LogP contribution >= 0.6 is 0 Å². The minimum atomic E-state index is 0.729. The van der Waals surface area contributed by atoms with E-state index in [1.165, 1.54) is 32.1 Å². The molecule has 18 heavy (non-hydrogen) atoms. The van der Waals surface area contributed by atoms with Crippen LogP contribution in [0.5, 0.6) is 0 Å². The van der Waals surface area contributed by atoms with Gasteiger partial charge in [0.05, 0.1) is 17.6 Å². The highest BCUT2D eigenvalue weighted by Crippen LogP contribution is 2.29. The van der Waals surface area contributed by atoms with Crippen molar-refractivity contribution in [3.63, 3.8) is 0 Å². The molecule has 100 valence electrons. The van der Waals surface area contributed by atoms with Gasteiger partial charge in [-0.1, -0.05) is 13.3 Å². The SMILES string of the molecule is CCC1CCC(N(C)Cc2ccc(N)cn2)CC1. The summed E-state index contributed by atoms with van der Waals surface area (Å²) in [5.74, 6) is 0.962. The van der Waals surface area contributed by atoms with Crippen LogP contribution in [0.3, 0.4) is 0 Å². The largest absolute Gasteiger partial charge is 0.397 e. The van der Waals surface area contributed by atoms with E-state index in [4.69, 9.17) is 5.73 Å². The van der Waals surface area contributed by atoms with Gasteiger partial charge in [-0.15, -0.1) is 0 Å². The fourth-order valence-electron chi connectivity index (χ4n) is 2.91. The van der Waals surface area contributed by atoms with E-state index in [-0.39, 0.29) is 0 Å². The second kappa shape index (κ2) is 6.19. The number of hydrogen-bond acceptors (Lipinski definition) is 3. The van der Waals surface area contributed by atoms with Crippen LogP contribution < -0.4 is 5.73 Å². The minimum Gasteiger partial charge on any atom is -0.397 e. The quantitative estimate of drug-likeness (QED) is 0.889. The average molecular weight is 247 g/mol. The lowest BCUT2D eigenvalue weighted by atomic mass is 9.84. The molecule has 1 fully saturated rings. The Kier molecular flexibility index (Phi) is 4.59. The molecule has 0 aliphatic heterocycles. The van der Waals surface area contributed by atoms with Crippen LogP contribution in [0.1, 0.15) is 44.7 Å². The van der Waals surface area contributed by atoms with Gasteiger partial charge in [-0.25, -0.2) is 0 Å². The molecule has 0 radical (unpaired) electrons. The number of nitrogens with two attached hydrogens (primary N) is 1. The van der Waals surface area contributed by atoms with Crippen LogP contribution in [0, 0.1) is 5.92 Å². The molecule has 0 bridgehead atoms. The number of nitrogens with zero attached hydrogens (tertiary/aromatic N) is 2. The van der Waals surface area contributed by atoms with Crippen molar-refractivity contribution in [1.29, 1.82) is 0 Å². The maximum Gasteiger partial charge on any atom is 0.0545 e. The van der Waals surface area contributed by atoms with Crippen LogP contribution in [0.15, 0.2) is 18.3 Å². The van der Waals surface area contributed by atoms with Gasteiger partial charge in [-0.05, 0) is 50.8 Å². The smallest absolute Gasteiger partial charge is 0.0545 e. The number of nitrogen functional groups attached to an aromatic ring is 1. The second-order valence-electron chi connectivity index (χ2n) is 5.58. The van der Waals surface area contributed by atoms with Crippen molar-refractivity contribution in [3.8, 4) is 0 Å². The van der Waals surface area contributed by atoms with E-state index in [9.17, 15) is 0 Å². The standard InChI is InChI=1S/C15H25N3/c1-3-12-4-8-15(9-5-12)18(2)11-14-7-6-13(16)10-17-14/h6-7,10,12,15H,3-5,8-9,11,16H2,1-2H3. The lowest BCUT2D eigenvalue weighted by Crippen LogP contribution is -2.34. The highest BCUT2D eigenvalue weighted by atomic mass is 15.1. The Bertz CT molecular complexity index is 353. The molecule has 1 aliphatic rings. The maximum atomic E-state index is 5.65. The molecule has 2 N–H and O–H groups in total. The molecule has 3 heteroatoms. The van der Waals surface area contributed by atoms with Crippen molar-refractivity contribution in [2.24, 2.45) is 5.92 Å². The van der Waals surface area contributed by atoms with Crippen LogP contribution in [-0.4, -0.2) is 23.0 Å². The lowest BCUT2D eigenvalue weighted by Gasteiger charge is -2.34. The lowest BCUT2D eigenvalue weighted by molar-refractivity contribution is 0.156. The molecule has 3 nitrogen and oxygen atoms in total. The van der Waals surface area contributed by atoms with Crippen molar-refractivity contribution in [2.45, 2.75) is 51.6 Å². The summed E-state index contributed by atoms with van der Waals surface area (Å²) in [6, 6.07) is 4.69. The normalized spacial score (nSPS) is 24.4. The predicted octanol–water partition coefficient (Wildman–Crippen LogP) is 3.06. The topological polar surface area (TPSA) is 42.1 Å². The molecule has 0 spiro atoms. The van der Waals surface area contributed by atoms with Gasteiger partial charge >= 0.3 is 0 Å². The molecule has 1 heterocycles. The van der Waals surface area contributed by atoms with Gasteiger partial charge in [0.25, 0.3) is 0 Å². The van der Waals surface area contributed by atoms with Crippen molar-refractivity contribution >= 4 is 5.69 Å². The van der Waals surface area contributed by atoms with E-state index in [0.29, 0.717) is 0 Å². The highest BCUT2D eigenvalue weighted by Gasteiger charge is 2.23. The minimum absolute atomic E-state index is 0.729. The molecule has 0 saturated heterocycles. The molecule has 0 aromatic carbocycles. The third-order valence-corrected chi connectivity index (χ3v) is 4.28. The van der Waals surface area contributed by atoms with Crippen LogP contribution in [0.4, 0.5) is 5.69 Å². The van der Waals surface area contributed by atoms with Crippen molar-refractivity contribution < 1.29 is 0 Å². The van der Waals surface area contributed by atoms with Crippen molar-refractivity contribution in [3.05, 3.63) is 24.0 Å². The summed E-state index contributed by atoms with van der Waals surface area (Å²) in [6.07, 6.45) is 8.54. The maximum absolute atomic E-state index is 5.65. The van der Waals surface area contributed by atoms with Crippen LogP contribution in [0.25, 0.3) is 0 Å². The Balaban J connectivity index is 1.85. The fourth-order valence-corrected chi connectivity index (χ4v) is 2.91. The summed E-state index contributed by atoms with van der Waals surface area (Å²) < 4.78 is 0. The third-order valence-electron chi connectivity index (χ3n) is 4.28. The summed E-state index contributed by atoms with van der Waals surface area (Å²) in [5.41, 5.74) is 7.51. The van der Waals surface area contributed by atoms with Crippen molar-refractivity contribution in [2.75, 3.05) is 12.8 Å². The van der Waals surface area contributed by atoms with E-state index >= 15 is 0 Å². The molecule has 1 aromatic heterocycles. The van der Waals surface area contributed by atoms with Crippen LogP contribution in [-0.2, 0) is 6.54 Å². The summed E-state index contributed by atoms with van der Waals surface area (Å²) in [4.78, 5) is 6.83. The Morgan fingerprint density at radius 2 is 2.00 bits per heavy atom. The zero-order chi connectivity index (χ0) is 13.0. The van der Waals surface area contributed by atoms with Gasteiger partial charge in [0, 0.05) is 12.6 Å². The van der Waals surface area contributed by atoms with E-state index < -0.39 is 0 Å². The van der Waals surface area contributed by atoms with Crippen molar-refractivity contribution in [1.82, 2.24) is 9.88 Å². The monoisotopic (exact) mass is 247 g/mol. The van der Waals surface area contributed by atoms with E-state index in [0.717, 1.165) is 29.9 Å². The Morgan fingerprint density at radius 1 is 1.28 bits per heavy atom. The zero-order valence-electron chi connectivity index (χ0n) is 11.6. The molecule has 0 atom stereocenters. The molecular weight excluding hydrogens is 222 g/mol. The first-order chi connectivity index (χ1) is 8.69. The van der Waals surface area contributed by atoms with Crippen LogP contribution in [0.2, 0.25) is 0 Å². The number of pyridine rings is 1. The predicted molar refractivity (Wildman–Crippen MR) is 76.2 cm³/mol. The molecule has 0 amide bonds. The number of hydrogen-bond donors (Lipinski definition) is 1. The molecule has 1 aromatic rings. The first-order valence-corrected chi connectivity index (χ1v) is 7.09.